The summed E-state index contributed by atoms with van der Waals surface area (Å²) in [5, 5.41) is 11.4. The van der Waals surface area contributed by atoms with Crippen molar-refractivity contribution in [3.63, 3.8) is 0 Å². The van der Waals surface area contributed by atoms with Crippen LogP contribution in [0.4, 0.5) is 0 Å². The first kappa shape index (κ1) is 17.8. The van der Waals surface area contributed by atoms with Crippen LogP contribution in [0.1, 0.15) is 6.92 Å². The molecule has 2 rings (SSSR count). The summed E-state index contributed by atoms with van der Waals surface area (Å²) >= 11 is 11.4. The van der Waals surface area contributed by atoms with E-state index in [-0.39, 0.29) is 27.3 Å². The van der Waals surface area contributed by atoms with E-state index in [9.17, 15) is 13.5 Å². The summed E-state index contributed by atoms with van der Waals surface area (Å²) in [4.78, 5) is 0.161. The van der Waals surface area contributed by atoms with E-state index < -0.39 is 10.0 Å². The Morgan fingerprint density at radius 3 is 2.48 bits per heavy atom. The number of allylic oxidation sites excluding steroid dienone is 2. The van der Waals surface area contributed by atoms with Crippen molar-refractivity contribution in [1.29, 1.82) is 0 Å². The van der Waals surface area contributed by atoms with E-state index in [0.717, 1.165) is 10.8 Å². The van der Waals surface area contributed by atoms with Gasteiger partial charge < -0.3 is 5.11 Å². The minimum atomic E-state index is -3.68. The van der Waals surface area contributed by atoms with Crippen LogP contribution in [0.3, 0.4) is 0 Å². The second kappa shape index (κ2) is 7.36. The highest BCUT2D eigenvalue weighted by Gasteiger charge is 2.13. The molecule has 2 aromatic carbocycles. The van der Waals surface area contributed by atoms with Crippen LogP contribution < -0.4 is 4.72 Å². The van der Waals surface area contributed by atoms with Crippen LogP contribution in [-0.2, 0) is 10.0 Å². The monoisotopic (exact) mass is 371 g/mol. The summed E-state index contributed by atoms with van der Waals surface area (Å²) in [5.41, 5.74) is 0. The highest BCUT2D eigenvalue weighted by Crippen LogP contribution is 2.20. The minimum absolute atomic E-state index is 0.0151. The van der Waals surface area contributed by atoms with E-state index in [1.54, 1.807) is 12.1 Å². The molecule has 0 spiro atoms. The van der Waals surface area contributed by atoms with Gasteiger partial charge in [0.25, 0.3) is 0 Å². The largest absolute Gasteiger partial charge is 0.505 e. The first-order valence-electron chi connectivity index (χ1n) is 6.71. The van der Waals surface area contributed by atoms with Gasteiger partial charge in [0.1, 0.15) is 5.76 Å². The molecule has 0 radical (unpaired) electrons. The van der Waals surface area contributed by atoms with Crippen molar-refractivity contribution < 1.29 is 13.5 Å². The first-order valence-corrected chi connectivity index (χ1v) is 8.95. The lowest BCUT2D eigenvalue weighted by molar-refractivity contribution is 0.426. The molecule has 0 aliphatic rings. The highest BCUT2D eigenvalue weighted by atomic mass is 35.5. The molecule has 0 saturated carbocycles. The van der Waals surface area contributed by atoms with Gasteiger partial charge in [-0.25, -0.2) is 13.1 Å². The van der Waals surface area contributed by atoms with Gasteiger partial charge in [-0.2, -0.15) is 0 Å². The number of aliphatic hydroxyl groups excluding tert-OH is 1. The molecule has 0 aliphatic heterocycles. The number of sulfonamides is 1. The summed E-state index contributed by atoms with van der Waals surface area (Å²) in [7, 11) is -3.68. The Bertz CT molecular complexity index is 885. The molecule has 0 fully saturated rings. The SMILES string of the molecule is C/C(Cl)=C(O)\C(Cl)=C/CNS(=O)(=O)c1ccc2ccccc2c1. The average Bonchev–Trinajstić information content (AvgIpc) is 2.53. The Balaban J connectivity index is 2.18. The second-order valence-electron chi connectivity index (χ2n) is 4.79. The number of hydrogen-bond donors (Lipinski definition) is 2. The number of fused-ring (bicyclic) bond motifs is 1. The Morgan fingerprint density at radius 1 is 1.17 bits per heavy atom. The topological polar surface area (TPSA) is 66.4 Å². The van der Waals surface area contributed by atoms with Gasteiger partial charge in [-0.15, -0.1) is 0 Å². The number of benzene rings is 2. The first-order chi connectivity index (χ1) is 10.8. The molecule has 0 heterocycles. The van der Waals surface area contributed by atoms with Crippen molar-refractivity contribution in [2.75, 3.05) is 6.54 Å². The second-order valence-corrected chi connectivity index (χ2v) is 7.54. The van der Waals surface area contributed by atoms with Gasteiger partial charge in [0, 0.05) is 6.54 Å². The molecule has 0 bridgehead atoms. The van der Waals surface area contributed by atoms with Crippen molar-refractivity contribution in [3.05, 3.63) is 64.4 Å². The molecule has 122 valence electrons. The van der Waals surface area contributed by atoms with Crippen molar-refractivity contribution in [1.82, 2.24) is 4.72 Å². The van der Waals surface area contributed by atoms with Crippen LogP contribution in [0.2, 0.25) is 0 Å². The van der Waals surface area contributed by atoms with Crippen molar-refractivity contribution in [2.45, 2.75) is 11.8 Å². The molecule has 2 aromatic rings. The zero-order valence-corrected chi connectivity index (χ0v) is 14.6. The third-order valence-corrected chi connectivity index (χ3v) is 5.07. The minimum Gasteiger partial charge on any atom is -0.505 e. The Hall–Kier alpha value is -1.53. The standard InChI is InChI=1S/C16H15Cl2NO3S/c1-11(17)16(20)15(18)8-9-19-23(21,22)14-7-6-12-4-2-3-5-13(12)10-14/h2-8,10,19-20H,9H2,1H3/b15-8+,16-11-. The van der Waals surface area contributed by atoms with Gasteiger partial charge in [-0.05, 0) is 35.9 Å². The number of hydrogen-bond acceptors (Lipinski definition) is 3. The zero-order chi connectivity index (χ0) is 17.0. The number of aliphatic hydroxyl groups is 1. The normalized spacial score (nSPS) is 14.0. The lowest BCUT2D eigenvalue weighted by Gasteiger charge is -2.07. The third-order valence-electron chi connectivity index (χ3n) is 3.14. The maximum Gasteiger partial charge on any atom is 0.240 e. The van der Waals surface area contributed by atoms with Crippen molar-refractivity contribution >= 4 is 44.0 Å². The van der Waals surface area contributed by atoms with Crippen LogP contribution in [0.5, 0.6) is 0 Å². The molecular weight excluding hydrogens is 357 g/mol. The van der Waals surface area contributed by atoms with E-state index in [1.165, 1.54) is 19.1 Å². The molecular formula is C16H15Cl2NO3S. The molecule has 0 aromatic heterocycles. The van der Waals surface area contributed by atoms with E-state index in [2.05, 4.69) is 4.72 Å². The van der Waals surface area contributed by atoms with E-state index in [0.29, 0.717) is 0 Å². The average molecular weight is 372 g/mol. The molecule has 0 saturated heterocycles. The van der Waals surface area contributed by atoms with Gasteiger partial charge >= 0.3 is 0 Å². The number of nitrogens with one attached hydrogen (secondary N) is 1. The Labute approximate surface area is 145 Å². The van der Waals surface area contributed by atoms with E-state index >= 15 is 0 Å². The molecule has 4 nitrogen and oxygen atoms in total. The molecule has 0 atom stereocenters. The van der Waals surface area contributed by atoms with Crippen molar-refractivity contribution in [3.8, 4) is 0 Å². The summed E-state index contributed by atoms with van der Waals surface area (Å²) in [6, 6.07) is 12.4. The highest BCUT2D eigenvalue weighted by molar-refractivity contribution is 7.89. The van der Waals surface area contributed by atoms with Gasteiger partial charge in [0.15, 0.2) is 0 Å². The number of rotatable bonds is 5. The maximum absolute atomic E-state index is 12.3. The number of halogens is 2. The predicted molar refractivity (Wildman–Crippen MR) is 94.3 cm³/mol. The molecule has 7 heteroatoms. The lowest BCUT2D eigenvalue weighted by Crippen LogP contribution is -2.23. The quantitative estimate of drug-likeness (QED) is 0.609. The summed E-state index contributed by atoms with van der Waals surface area (Å²) in [6.45, 7) is 1.41. The predicted octanol–water partition coefficient (Wildman–Crippen LogP) is 4.27. The Kier molecular flexibility index (Phi) is 5.70. The molecule has 23 heavy (non-hydrogen) atoms. The van der Waals surface area contributed by atoms with Gasteiger partial charge in [-0.1, -0.05) is 53.5 Å². The smallest absolute Gasteiger partial charge is 0.240 e. The third kappa shape index (κ3) is 4.48. The molecule has 0 aliphatic carbocycles. The molecule has 0 amide bonds. The van der Waals surface area contributed by atoms with Crippen LogP contribution in [0, 0.1) is 0 Å². The summed E-state index contributed by atoms with van der Waals surface area (Å²) < 4.78 is 27.0. The van der Waals surface area contributed by atoms with Gasteiger partial charge in [0.2, 0.25) is 10.0 Å². The van der Waals surface area contributed by atoms with E-state index in [4.69, 9.17) is 23.2 Å². The Morgan fingerprint density at radius 2 is 1.83 bits per heavy atom. The van der Waals surface area contributed by atoms with Crippen LogP contribution in [-0.4, -0.2) is 20.1 Å². The maximum atomic E-state index is 12.3. The summed E-state index contributed by atoms with van der Waals surface area (Å²) in [6.07, 6.45) is 1.33. The fraction of sp³-hybridized carbons (Fsp3) is 0.125. The van der Waals surface area contributed by atoms with Crippen LogP contribution >= 0.6 is 23.2 Å². The van der Waals surface area contributed by atoms with Crippen LogP contribution in [0.25, 0.3) is 10.8 Å². The summed E-state index contributed by atoms with van der Waals surface area (Å²) in [5.74, 6) is -0.279. The van der Waals surface area contributed by atoms with Gasteiger partial charge in [-0.3, -0.25) is 0 Å². The molecule has 0 unspecified atom stereocenters. The lowest BCUT2D eigenvalue weighted by atomic mass is 10.1. The fourth-order valence-corrected chi connectivity index (χ4v) is 3.29. The van der Waals surface area contributed by atoms with Gasteiger partial charge in [0.05, 0.1) is 15.0 Å². The van der Waals surface area contributed by atoms with E-state index in [1.807, 2.05) is 24.3 Å². The van der Waals surface area contributed by atoms with Crippen LogP contribution in [0.15, 0.2) is 69.3 Å². The zero-order valence-electron chi connectivity index (χ0n) is 12.3. The fourth-order valence-electron chi connectivity index (χ4n) is 1.92. The van der Waals surface area contributed by atoms with Crippen molar-refractivity contribution in [2.24, 2.45) is 0 Å². The molecule has 2 N–H and O–H groups in total.